The van der Waals surface area contributed by atoms with Gasteiger partial charge in [-0.15, -0.1) is 0 Å². The Morgan fingerprint density at radius 1 is 0.967 bits per heavy atom. The number of ether oxygens (including phenoxy) is 1. The van der Waals surface area contributed by atoms with Crippen molar-refractivity contribution >= 4 is 17.6 Å². The van der Waals surface area contributed by atoms with E-state index in [9.17, 15) is 14.4 Å². The maximum atomic E-state index is 12.4. The molecule has 0 spiro atoms. The monoisotopic (exact) mass is 406 g/mol. The van der Waals surface area contributed by atoms with Crippen LogP contribution in [0.4, 0.5) is 10.5 Å². The Bertz CT molecular complexity index is 1110. The summed E-state index contributed by atoms with van der Waals surface area (Å²) in [7, 11) is 1.49. The van der Waals surface area contributed by atoms with Crippen LogP contribution in [-0.4, -0.2) is 23.6 Å². The van der Waals surface area contributed by atoms with E-state index in [4.69, 9.17) is 4.74 Å². The number of carbonyl (C=O) groups excluding carboxylic acids is 2. The molecule has 3 N–H and O–H groups in total. The summed E-state index contributed by atoms with van der Waals surface area (Å²) in [5.74, 6) is -0.0648. The van der Waals surface area contributed by atoms with Gasteiger partial charge in [0.25, 0.3) is 11.5 Å². The first-order chi connectivity index (χ1) is 14.5. The van der Waals surface area contributed by atoms with Gasteiger partial charge in [0, 0.05) is 12.3 Å². The number of aryl methyl sites for hydroxylation is 1. The third kappa shape index (κ3) is 5.26. The van der Waals surface area contributed by atoms with Crippen molar-refractivity contribution in [3.05, 3.63) is 93.9 Å². The number of carbonyl (C=O) groups is 2. The van der Waals surface area contributed by atoms with Gasteiger partial charge in [-0.3, -0.25) is 15.0 Å². The fraction of sp³-hybridized carbons (Fsp3) is 0.136. The third-order valence-electron chi connectivity index (χ3n) is 4.36. The molecule has 3 rings (SSSR count). The van der Waals surface area contributed by atoms with Gasteiger partial charge in [-0.25, -0.2) is 10.2 Å². The van der Waals surface area contributed by atoms with Gasteiger partial charge < -0.3 is 14.6 Å². The summed E-state index contributed by atoms with van der Waals surface area (Å²) in [6.07, 6.45) is 1.46. The van der Waals surface area contributed by atoms with Crippen molar-refractivity contribution in [2.24, 2.45) is 0 Å². The first kappa shape index (κ1) is 20.7. The molecular formula is C22H22N4O4. The Balaban J connectivity index is 1.63. The van der Waals surface area contributed by atoms with E-state index in [1.165, 1.54) is 30.0 Å². The standard InChI is InChI=1S/C22H22N4O4/c1-15-7-9-16(10-8-15)13-26-14-17(11-12-20(26)27)21(28)24-25-22(29)23-18-5-3-4-6-19(18)30-2/h3-12,14H,13H2,1-2H3,(H,24,28)(H2,23,25,29). The Kier molecular flexibility index (Phi) is 6.49. The molecular weight excluding hydrogens is 384 g/mol. The summed E-state index contributed by atoms with van der Waals surface area (Å²) < 4.78 is 6.60. The molecule has 0 fully saturated rings. The second kappa shape index (κ2) is 9.42. The molecule has 0 saturated heterocycles. The minimum atomic E-state index is -0.638. The van der Waals surface area contributed by atoms with Gasteiger partial charge in [-0.2, -0.15) is 0 Å². The number of hydrogen-bond acceptors (Lipinski definition) is 4. The van der Waals surface area contributed by atoms with Crippen LogP contribution in [0.3, 0.4) is 0 Å². The summed E-state index contributed by atoms with van der Waals surface area (Å²) in [6, 6.07) is 16.7. The Hall–Kier alpha value is -4.07. The number of anilines is 1. The van der Waals surface area contributed by atoms with E-state index in [1.807, 2.05) is 31.2 Å². The van der Waals surface area contributed by atoms with Crippen molar-refractivity contribution in [1.82, 2.24) is 15.4 Å². The molecule has 0 atom stereocenters. The van der Waals surface area contributed by atoms with Gasteiger partial charge in [-0.05, 0) is 30.7 Å². The predicted octanol–water partition coefficient (Wildman–Crippen LogP) is 2.68. The van der Waals surface area contributed by atoms with Crippen molar-refractivity contribution in [2.45, 2.75) is 13.5 Å². The van der Waals surface area contributed by atoms with Crippen molar-refractivity contribution in [1.29, 1.82) is 0 Å². The van der Waals surface area contributed by atoms with Gasteiger partial charge in [0.2, 0.25) is 0 Å². The number of nitrogens with one attached hydrogen (secondary N) is 3. The van der Waals surface area contributed by atoms with E-state index >= 15 is 0 Å². The molecule has 0 saturated carbocycles. The Morgan fingerprint density at radius 2 is 1.70 bits per heavy atom. The fourth-order valence-electron chi connectivity index (χ4n) is 2.77. The van der Waals surface area contributed by atoms with Crippen LogP contribution in [0.1, 0.15) is 21.5 Å². The third-order valence-corrected chi connectivity index (χ3v) is 4.36. The molecule has 2 aromatic carbocycles. The lowest BCUT2D eigenvalue weighted by Crippen LogP contribution is -2.44. The number of hydrogen-bond donors (Lipinski definition) is 3. The topological polar surface area (TPSA) is 101 Å². The number of amides is 3. The molecule has 1 heterocycles. The number of urea groups is 1. The highest BCUT2D eigenvalue weighted by Crippen LogP contribution is 2.22. The van der Waals surface area contributed by atoms with Gasteiger partial charge in [0.15, 0.2) is 0 Å². The van der Waals surface area contributed by atoms with Crippen molar-refractivity contribution < 1.29 is 14.3 Å². The van der Waals surface area contributed by atoms with E-state index < -0.39 is 11.9 Å². The van der Waals surface area contributed by atoms with Crippen molar-refractivity contribution in [3.63, 3.8) is 0 Å². The van der Waals surface area contributed by atoms with Crippen LogP contribution in [0.15, 0.2) is 71.7 Å². The van der Waals surface area contributed by atoms with Crippen LogP contribution in [-0.2, 0) is 6.54 Å². The van der Waals surface area contributed by atoms with Gasteiger partial charge in [-0.1, -0.05) is 42.0 Å². The smallest absolute Gasteiger partial charge is 0.338 e. The van der Waals surface area contributed by atoms with Crippen molar-refractivity contribution in [2.75, 3.05) is 12.4 Å². The summed E-state index contributed by atoms with van der Waals surface area (Å²) in [4.78, 5) is 36.6. The minimum absolute atomic E-state index is 0.228. The van der Waals surface area contributed by atoms with Gasteiger partial charge in [0.1, 0.15) is 5.75 Å². The highest BCUT2D eigenvalue weighted by Gasteiger charge is 2.11. The molecule has 0 aliphatic heterocycles. The lowest BCUT2D eigenvalue weighted by molar-refractivity contribution is 0.0937. The first-order valence-corrected chi connectivity index (χ1v) is 9.22. The largest absolute Gasteiger partial charge is 0.495 e. The second-order valence-electron chi connectivity index (χ2n) is 6.60. The van der Waals surface area contributed by atoms with E-state index in [0.717, 1.165) is 11.1 Å². The van der Waals surface area contributed by atoms with Crippen LogP contribution >= 0.6 is 0 Å². The summed E-state index contributed by atoms with van der Waals surface area (Å²) in [6.45, 7) is 2.32. The molecule has 0 aliphatic carbocycles. The Labute approximate surface area is 173 Å². The van der Waals surface area contributed by atoms with Crippen LogP contribution in [0, 0.1) is 6.92 Å². The molecule has 3 aromatic rings. The van der Waals surface area contributed by atoms with E-state index in [1.54, 1.807) is 24.3 Å². The quantitative estimate of drug-likeness (QED) is 0.567. The number of benzene rings is 2. The second-order valence-corrected chi connectivity index (χ2v) is 6.60. The molecule has 0 radical (unpaired) electrons. The van der Waals surface area contributed by atoms with Gasteiger partial charge in [0.05, 0.1) is 24.9 Å². The molecule has 0 aliphatic rings. The average Bonchev–Trinajstić information content (AvgIpc) is 2.75. The fourth-order valence-corrected chi connectivity index (χ4v) is 2.77. The number of aromatic nitrogens is 1. The maximum absolute atomic E-state index is 12.4. The van der Waals surface area contributed by atoms with Crippen LogP contribution in [0.5, 0.6) is 5.75 Å². The van der Waals surface area contributed by atoms with Gasteiger partial charge >= 0.3 is 6.03 Å². The highest BCUT2D eigenvalue weighted by atomic mass is 16.5. The SMILES string of the molecule is COc1ccccc1NC(=O)NNC(=O)c1ccc(=O)n(Cc2ccc(C)cc2)c1. The number of methoxy groups -OCH3 is 1. The number of rotatable bonds is 5. The highest BCUT2D eigenvalue weighted by molar-refractivity contribution is 5.97. The zero-order valence-electron chi connectivity index (χ0n) is 16.6. The zero-order chi connectivity index (χ0) is 21.5. The first-order valence-electron chi connectivity index (χ1n) is 9.22. The lowest BCUT2D eigenvalue weighted by Gasteiger charge is -2.12. The molecule has 0 bridgehead atoms. The van der Waals surface area contributed by atoms with Crippen molar-refractivity contribution in [3.8, 4) is 5.75 Å². The minimum Gasteiger partial charge on any atom is -0.495 e. The Morgan fingerprint density at radius 3 is 2.43 bits per heavy atom. The van der Waals surface area contributed by atoms with E-state index in [0.29, 0.717) is 18.0 Å². The zero-order valence-corrected chi connectivity index (χ0v) is 16.6. The normalized spacial score (nSPS) is 10.2. The van der Waals surface area contributed by atoms with Crippen LogP contribution in [0.2, 0.25) is 0 Å². The van der Waals surface area contributed by atoms with E-state index in [2.05, 4.69) is 16.2 Å². The number of hydrazine groups is 1. The lowest BCUT2D eigenvalue weighted by atomic mass is 10.1. The summed E-state index contributed by atoms with van der Waals surface area (Å²) in [5, 5.41) is 2.58. The van der Waals surface area contributed by atoms with E-state index in [-0.39, 0.29) is 11.1 Å². The molecule has 8 heteroatoms. The number of nitrogens with zero attached hydrogens (tertiary/aromatic N) is 1. The molecule has 1 aromatic heterocycles. The van der Waals surface area contributed by atoms with Crippen LogP contribution < -0.4 is 26.5 Å². The molecule has 154 valence electrons. The summed E-state index contributed by atoms with van der Waals surface area (Å²) >= 11 is 0. The number of pyridine rings is 1. The molecule has 3 amide bonds. The maximum Gasteiger partial charge on any atom is 0.338 e. The molecule has 30 heavy (non-hydrogen) atoms. The summed E-state index contributed by atoms with van der Waals surface area (Å²) in [5.41, 5.74) is 7.12. The average molecular weight is 406 g/mol. The number of para-hydroxylation sites is 2. The molecule has 8 nitrogen and oxygen atoms in total. The molecule has 0 unspecified atom stereocenters. The predicted molar refractivity (Wildman–Crippen MR) is 114 cm³/mol. The van der Waals surface area contributed by atoms with Crippen LogP contribution in [0.25, 0.3) is 0 Å².